The quantitative estimate of drug-likeness (QED) is 0.304. The Labute approximate surface area is 155 Å². The second-order valence-corrected chi connectivity index (χ2v) is 7.81. The summed E-state index contributed by atoms with van der Waals surface area (Å²) in [5.41, 5.74) is 0.303. The highest BCUT2D eigenvalue weighted by atomic mass is 32.2. The molecule has 4 rings (SSSR count). The van der Waals surface area contributed by atoms with Gasteiger partial charge in [0.1, 0.15) is 5.75 Å². The van der Waals surface area contributed by atoms with Gasteiger partial charge in [-0.2, -0.15) is 0 Å². The Bertz CT molecular complexity index is 1220. The van der Waals surface area contributed by atoms with E-state index in [-0.39, 0.29) is 34.7 Å². The first-order valence-electron chi connectivity index (χ1n) is 8.05. The van der Waals surface area contributed by atoms with Crippen LogP contribution in [0, 0.1) is 0 Å². The number of nitrogens with zero attached hydrogens (tertiary/aromatic N) is 1. The monoisotopic (exact) mass is 386 g/mol. The van der Waals surface area contributed by atoms with Crippen molar-refractivity contribution in [2.75, 3.05) is 0 Å². The molecule has 0 saturated carbocycles. The zero-order valence-electron chi connectivity index (χ0n) is 13.9. The Hall–Kier alpha value is -3.07. The second-order valence-electron chi connectivity index (χ2n) is 6.34. The summed E-state index contributed by atoms with van der Waals surface area (Å²) in [7, 11) is -4.96. The maximum absolute atomic E-state index is 12.6. The van der Waals surface area contributed by atoms with Crippen LogP contribution in [0.3, 0.4) is 0 Å². The minimum absolute atomic E-state index is 0.0754. The molecule has 0 fully saturated rings. The van der Waals surface area contributed by atoms with Gasteiger partial charge in [-0.25, -0.2) is 4.55 Å². The number of fused-ring (bicyclic) bond motifs is 2. The maximum atomic E-state index is 12.6. The van der Waals surface area contributed by atoms with E-state index in [2.05, 4.69) is 0 Å². The van der Waals surface area contributed by atoms with Gasteiger partial charge in [-0.15, -0.1) is 8.42 Å². The maximum Gasteiger partial charge on any atom is 0.447 e. The van der Waals surface area contributed by atoms with Crippen LogP contribution in [0.1, 0.15) is 5.56 Å². The largest absolute Gasteiger partial charge is 0.507 e. The summed E-state index contributed by atoms with van der Waals surface area (Å²) >= 11 is 0. The third-order valence-electron chi connectivity index (χ3n) is 4.75. The number of phenolic OH excluding ortho intramolecular Hbond substituents is 2. The van der Waals surface area contributed by atoms with Gasteiger partial charge in [0, 0.05) is 34.9 Å². The SMILES string of the molecule is O=S(=O)(O)[N@+]1(c2cc(O)c3ccccc3c2O)C=C(O)Cc2ccccc21. The van der Waals surface area contributed by atoms with Crippen LogP contribution < -0.4 is 3.89 Å². The predicted octanol–water partition coefficient (Wildman–Crippen LogP) is 3.65. The van der Waals surface area contributed by atoms with Crippen molar-refractivity contribution in [3.05, 3.63) is 72.1 Å². The van der Waals surface area contributed by atoms with Gasteiger partial charge in [-0.1, -0.05) is 46.4 Å². The van der Waals surface area contributed by atoms with E-state index in [1.165, 1.54) is 12.1 Å². The lowest BCUT2D eigenvalue weighted by atomic mass is 10.0. The van der Waals surface area contributed by atoms with Gasteiger partial charge in [-0.05, 0) is 0 Å². The molecule has 1 aliphatic heterocycles. The van der Waals surface area contributed by atoms with Crippen LogP contribution in [0.15, 0.2) is 66.6 Å². The van der Waals surface area contributed by atoms with E-state index in [4.69, 9.17) is 0 Å². The van der Waals surface area contributed by atoms with E-state index in [0.717, 1.165) is 12.3 Å². The van der Waals surface area contributed by atoms with Crippen molar-refractivity contribution in [3.63, 3.8) is 0 Å². The number of aromatic hydroxyl groups is 2. The molecular formula is C19H16NO6S+. The molecule has 7 nitrogen and oxygen atoms in total. The van der Waals surface area contributed by atoms with Crippen LogP contribution in [0.5, 0.6) is 11.5 Å². The fraction of sp³-hybridized carbons (Fsp3) is 0.0526. The molecule has 138 valence electrons. The number of aliphatic hydroxyl groups excluding tert-OH is 1. The number of hydrogen-bond acceptors (Lipinski definition) is 5. The smallest absolute Gasteiger partial charge is 0.447 e. The van der Waals surface area contributed by atoms with E-state index < -0.39 is 19.9 Å². The van der Waals surface area contributed by atoms with E-state index in [0.29, 0.717) is 10.9 Å². The van der Waals surface area contributed by atoms with Crippen molar-refractivity contribution in [3.8, 4) is 11.5 Å². The number of aliphatic hydroxyl groups is 1. The Morgan fingerprint density at radius 3 is 2.19 bits per heavy atom. The molecule has 0 radical (unpaired) electrons. The Morgan fingerprint density at radius 1 is 0.852 bits per heavy atom. The van der Waals surface area contributed by atoms with Crippen molar-refractivity contribution in [1.29, 1.82) is 0 Å². The molecule has 3 aromatic carbocycles. The normalized spacial score (nSPS) is 19.5. The molecule has 27 heavy (non-hydrogen) atoms. The molecule has 0 spiro atoms. The van der Waals surface area contributed by atoms with Crippen molar-refractivity contribution < 1.29 is 28.3 Å². The van der Waals surface area contributed by atoms with E-state index >= 15 is 0 Å². The lowest BCUT2D eigenvalue weighted by molar-refractivity contribution is 0.369. The topological polar surface area (TPSA) is 115 Å². The van der Waals surface area contributed by atoms with Gasteiger partial charge < -0.3 is 15.3 Å². The van der Waals surface area contributed by atoms with Crippen molar-refractivity contribution in [2.45, 2.75) is 6.42 Å². The molecule has 0 bridgehead atoms. The van der Waals surface area contributed by atoms with Crippen LogP contribution in [0.4, 0.5) is 11.4 Å². The molecule has 4 N–H and O–H groups in total. The lowest BCUT2D eigenvalue weighted by Gasteiger charge is -2.33. The lowest BCUT2D eigenvalue weighted by Crippen LogP contribution is -2.46. The Morgan fingerprint density at radius 2 is 1.48 bits per heavy atom. The minimum atomic E-state index is -4.96. The summed E-state index contributed by atoms with van der Waals surface area (Å²) in [5.74, 6) is -0.990. The fourth-order valence-electron chi connectivity index (χ4n) is 3.60. The van der Waals surface area contributed by atoms with Gasteiger partial charge in [0.25, 0.3) is 0 Å². The van der Waals surface area contributed by atoms with Gasteiger partial charge in [0.05, 0.1) is 0 Å². The zero-order valence-corrected chi connectivity index (χ0v) is 14.8. The van der Waals surface area contributed by atoms with E-state index in [9.17, 15) is 28.3 Å². The molecule has 1 aliphatic rings. The van der Waals surface area contributed by atoms with Crippen LogP contribution in [0.25, 0.3) is 10.8 Å². The van der Waals surface area contributed by atoms with Crippen molar-refractivity contribution in [2.24, 2.45) is 0 Å². The van der Waals surface area contributed by atoms with E-state index in [1.54, 1.807) is 36.4 Å². The summed E-state index contributed by atoms with van der Waals surface area (Å²) in [6.07, 6.45) is 1.02. The predicted molar refractivity (Wildman–Crippen MR) is 101 cm³/mol. The number of phenols is 2. The summed E-state index contributed by atoms with van der Waals surface area (Å²) in [4.78, 5) is 0. The molecule has 1 heterocycles. The fourth-order valence-corrected chi connectivity index (χ4v) is 4.67. The first-order chi connectivity index (χ1) is 12.8. The minimum Gasteiger partial charge on any atom is -0.507 e. The second kappa shape index (κ2) is 5.71. The number of rotatable bonds is 2. The average molecular weight is 386 g/mol. The van der Waals surface area contributed by atoms with Gasteiger partial charge in [0.2, 0.25) is 5.69 Å². The third kappa shape index (κ3) is 2.38. The van der Waals surface area contributed by atoms with Crippen molar-refractivity contribution in [1.82, 2.24) is 3.89 Å². The number of para-hydroxylation sites is 1. The van der Waals surface area contributed by atoms with E-state index in [1.807, 2.05) is 0 Å². The molecule has 8 heteroatoms. The highest BCUT2D eigenvalue weighted by Gasteiger charge is 2.51. The Balaban J connectivity index is 2.21. The first-order valence-corrected chi connectivity index (χ1v) is 9.45. The standard InChI is InChI=1S/C19H15NO6S/c21-13-9-12-5-1-4-8-16(12)20(11-13,27(24,25)26)17-10-18(22)14-6-2-3-7-15(14)19(17)23/h1-8,10-11H,9H2,(H3-,21,22,23,24,25,26)/p+1/t20-/m1/s1. The van der Waals surface area contributed by atoms with Crippen molar-refractivity contribution >= 4 is 32.5 Å². The summed E-state index contributed by atoms with van der Waals surface area (Å²) in [6, 6.07) is 13.8. The first kappa shape index (κ1) is 17.3. The Kier molecular flexibility index (Phi) is 3.67. The number of benzene rings is 3. The van der Waals surface area contributed by atoms with Crippen LogP contribution in [-0.4, -0.2) is 28.3 Å². The molecular weight excluding hydrogens is 370 g/mol. The molecule has 0 aliphatic carbocycles. The number of allylic oxidation sites excluding steroid dienone is 1. The van der Waals surface area contributed by atoms with Crippen LogP contribution in [0.2, 0.25) is 0 Å². The third-order valence-corrected chi connectivity index (χ3v) is 5.97. The van der Waals surface area contributed by atoms with Gasteiger partial charge >= 0.3 is 10.3 Å². The zero-order chi connectivity index (χ0) is 19.4. The molecule has 0 unspecified atom stereocenters. The molecule has 3 aromatic rings. The number of hydrogen-bond donors (Lipinski definition) is 4. The van der Waals surface area contributed by atoms with Crippen LogP contribution >= 0.6 is 0 Å². The molecule has 0 aromatic heterocycles. The highest BCUT2D eigenvalue weighted by molar-refractivity contribution is 7.85. The van der Waals surface area contributed by atoms with Gasteiger partial charge in [0.15, 0.2) is 23.4 Å². The highest BCUT2D eigenvalue weighted by Crippen LogP contribution is 2.51. The molecule has 0 saturated heterocycles. The average Bonchev–Trinajstić information content (AvgIpc) is 2.63. The summed E-state index contributed by atoms with van der Waals surface area (Å²) < 4.78 is 34.0. The molecule has 0 amide bonds. The summed E-state index contributed by atoms with van der Waals surface area (Å²) in [5, 5.41) is 32.0. The summed E-state index contributed by atoms with van der Waals surface area (Å²) in [6.45, 7) is 0. The van der Waals surface area contributed by atoms with Gasteiger partial charge in [-0.3, -0.25) is 0 Å². The number of quaternary nitrogens is 1. The molecule has 1 atom stereocenters. The van der Waals surface area contributed by atoms with Crippen LogP contribution in [-0.2, 0) is 16.7 Å².